The second kappa shape index (κ2) is 9.71. The molecule has 0 spiro atoms. The largest absolute Gasteiger partial charge is 0.481 e. The molecule has 0 radical (unpaired) electrons. The molecular weight excluding hydrogens is 376 g/mol. The average molecular weight is 403 g/mol. The van der Waals surface area contributed by atoms with Crippen LogP contribution in [0, 0.1) is 5.92 Å². The zero-order valence-corrected chi connectivity index (χ0v) is 17.0. The van der Waals surface area contributed by atoms with Crippen LogP contribution in [0.25, 0.3) is 0 Å². The normalized spacial score (nSPS) is 19.6. The lowest BCUT2D eigenvalue weighted by atomic mass is 9.89. The van der Waals surface area contributed by atoms with Gasteiger partial charge in [0.1, 0.15) is 5.75 Å². The summed E-state index contributed by atoms with van der Waals surface area (Å²) >= 11 is 0. The van der Waals surface area contributed by atoms with Gasteiger partial charge in [0.25, 0.3) is 5.91 Å². The van der Waals surface area contributed by atoms with E-state index in [-0.39, 0.29) is 35.9 Å². The van der Waals surface area contributed by atoms with E-state index in [9.17, 15) is 9.59 Å². The highest BCUT2D eigenvalue weighted by atomic mass is 35.5. The van der Waals surface area contributed by atoms with Crippen LogP contribution >= 0.6 is 12.4 Å². The third kappa shape index (κ3) is 4.91. The van der Waals surface area contributed by atoms with Crippen LogP contribution in [-0.4, -0.2) is 42.3 Å². The Morgan fingerprint density at radius 1 is 1.14 bits per heavy atom. The van der Waals surface area contributed by atoms with Crippen LogP contribution in [0.15, 0.2) is 54.6 Å². The minimum Gasteiger partial charge on any atom is -0.481 e. The molecule has 1 fully saturated rings. The van der Waals surface area contributed by atoms with E-state index >= 15 is 0 Å². The zero-order chi connectivity index (χ0) is 19.4. The number of carbonyl (C=O) groups is 2. The van der Waals surface area contributed by atoms with Gasteiger partial charge in [-0.3, -0.25) is 9.59 Å². The van der Waals surface area contributed by atoms with E-state index in [1.165, 1.54) is 12.5 Å². The molecule has 1 saturated heterocycles. The van der Waals surface area contributed by atoms with Gasteiger partial charge in [0.15, 0.2) is 11.9 Å². The number of hydrogen-bond donors (Lipinski definition) is 1. The Balaban J connectivity index is 0.00000280. The zero-order valence-electron chi connectivity index (χ0n) is 16.2. The molecule has 2 aromatic rings. The van der Waals surface area contributed by atoms with Crippen LogP contribution in [0.5, 0.6) is 5.75 Å². The molecule has 0 bridgehead atoms. The smallest absolute Gasteiger partial charge is 0.263 e. The second-order valence-corrected chi connectivity index (χ2v) is 7.10. The van der Waals surface area contributed by atoms with Gasteiger partial charge in [-0.2, -0.15) is 0 Å². The van der Waals surface area contributed by atoms with Gasteiger partial charge in [-0.15, -0.1) is 12.4 Å². The van der Waals surface area contributed by atoms with Crippen molar-refractivity contribution in [3.63, 3.8) is 0 Å². The number of likely N-dealkylation sites (tertiary alicyclic amines) is 1. The SMILES string of the molecule is CC(=O)c1cccc(OC(C)C(=O)N2C[C@@H](CN)[C@H](c3ccccc3)C2)c1.Cl. The molecule has 1 unspecified atom stereocenters. The Labute approximate surface area is 172 Å². The summed E-state index contributed by atoms with van der Waals surface area (Å²) in [6.45, 7) is 5.08. The van der Waals surface area contributed by atoms with Crippen molar-refractivity contribution in [2.75, 3.05) is 19.6 Å². The lowest BCUT2D eigenvalue weighted by molar-refractivity contribution is -0.137. The fourth-order valence-electron chi connectivity index (χ4n) is 3.67. The molecule has 0 aromatic heterocycles. The fourth-order valence-corrected chi connectivity index (χ4v) is 3.67. The number of nitrogens with zero attached hydrogens (tertiary/aromatic N) is 1. The molecule has 0 saturated carbocycles. The van der Waals surface area contributed by atoms with Gasteiger partial charge in [-0.1, -0.05) is 42.5 Å². The van der Waals surface area contributed by atoms with Crippen molar-refractivity contribution >= 4 is 24.1 Å². The van der Waals surface area contributed by atoms with E-state index < -0.39 is 6.10 Å². The van der Waals surface area contributed by atoms with Crippen molar-refractivity contribution in [3.05, 3.63) is 65.7 Å². The van der Waals surface area contributed by atoms with Gasteiger partial charge in [-0.05, 0) is 44.0 Å². The summed E-state index contributed by atoms with van der Waals surface area (Å²) in [4.78, 5) is 26.3. The molecule has 1 heterocycles. The highest BCUT2D eigenvalue weighted by Gasteiger charge is 2.37. The standard InChI is InChI=1S/C22H26N2O3.ClH/c1-15(25)18-9-6-10-20(11-18)27-16(2)22(26)24-13-19(12-23)21(14-24)17-7-4-3-5-8-17;/h3-11,16,19,21H,12-14,23H2,1-2H3;1H/t16?,19-,21+;/m1./s1. The van der Waals surface area contributed by atoms with Crippen molar-refractivity contribution in [2.45, 2.75) is 25.9 Å². The number of ether oxygens (including phenoxy) is 1. The molecule has 1 amide bonds. The molecule has 2 N–H and O–H groups in total. The van der Waals surface area contributed by atoms with Crippen LogP contribution in [0.4, 0.5) is 0 Å². The van der Waals surface area contributed by atoms with Crippen LogP contribution in [-0.2, 0) is 4.79 Å². The highest BCUT2D eigenvalue weighted by Crippen LogP contribution is 2.32. The Morgan fingerprint density at radius 2 is 1.86 bits per heavy atom. The topological polar surface area (TPSA) is 72.6 Å². The lowest BCUT2D eigenvalue weighted by Crippen LogP contribution is -2.39. The molecule has 6 heteroatoms. The monoisotopic (exact) mass is 402 g/mol. The summed E-state index contributed by atoms with van der Waals surface area (Å²) in [7, 11) is 0. The first kappa shape index (κ1) is 21.9. The lowest BCUT2D eigenvalue weighted by Gasteiger charge is -2.22. The van der Waals surface area contributed by atoms with Crippen molar-refractivity contribution in [1.29, 1.82) is 0 Å². The highest BCUT2D eigenvalue weighted by molar-refractivity contribution is 5.94. The van der Waals surface area contributed by atoms with Crippen LogP contribution < -0.4 is 10.5 Å². The number of benzene rings is 2. The molecule has 5 nitrogen and oxygen atoms in total. The first-order valence-electron chi connectivity index (χ1n) is 9.31. The number of hydrogen-bond acceptors (Lipinski definition) is 4. The van der Waals surface area contributed by atoms with Gasteiger partial charge in [0, 0.05) is 24.6 Å². The fraction of sp³-hybridized carbons (Fsp3) is 0.364. The Kier molecular flexibility index (Phi) is 7.61. The molecule has 1 aliphatic heterocycles. The van der Waals surface area contributed by atoms with E-state index in [2.05, 4.69) is 12.1 Å². The number of carbonyl (C=O) groups excluding carboxylic acids is 2. The van der Waals surface area contributed by atoms with Gasteiger partial charge in [0.2, 0.25) is 0 Å². The van der Waals surface area contributed by atoms with Crippen molar-refractivity contribution in [3.8, 4) is 5.75 Å². The third-order valence-electron chi connectivity index (χ3n) is 5.18. The first-order chi connectivity index (χ1) is 13.0. The van der Waals surface area contributed by atoms with Gasteiger partial charge in [0.05, 0.1) is 0 Å². The predicted octanol–water partition coefficient (Wildman–Crippen LogP) is 3.28. The van der Waals surface area contributed by atoms with Gasteiger partial charge >= 0.3 is 0 Å². The summed E-state index contributed by atoms with van der Waals surface area (Å²) in [5, 5.41) is 0. The number of rotatable bonds is 6. The minimum atomic E-state index is -0.625. The van der Waals surface area contributed by atoms with Crippen LogP contribution in [0.1, 0.15) is 35.7 Å². The van der Waals surface area contributed by atoms with E-state index in [0.717, 1.165) is 0 Å². The van der Waals surface area contributed by atoms with E-state index in [1.54, 1.807) is 31.2 Å². The summed E-state index contributed by atoms with van der Waals surface area (Å²) in [6, 6.07) is 17.1. The first-order valence-corrected chi connectivity index (χ1v) is 9.31. The predicted molar refractivity (Wildman–Crippen MR) is 112 cm³/mol. The van der Waals surface area contributed by atoms with E-state index in [1.807, 2.05) is 23.1 Å². The maximum absolute atomic E-state index is 12.9. The third-order valence-corrected chi connectivity index (χ3v) is 5.18. The number of halogens is 1. The molecule has 1 aliphatic rings. The van der Waals surface area contributed by atoms with Gasteiger partial charge in [-0.25, -0.2) is 0 Å². The van der Waals surface area contributed by atoms with E-state index in [4.69, 9.17) is 10.5 Å². The Morgan fingerprint density at radius 3 is 2.50 bits per heavy atom. The van der Waals surface area contributed by atoms with E-state index in [0.29, 0.717) is 30.9 Å². The van der Waals surface area contributed by atoms with Gasteiger partial charge < -0.3 is 15.4 Å². The van der Waals surface area contributed by atoms with Crippen LogP contribution in [0.3, 0.4) is 0 Å². The number of ketones is 1. The molecule has 28 heavy (non-hydrogen) atoms. The molecule has 3 rings (SSSR count). The minimum absolute atomic E-state index is 0. The second-order valence-electron chi connectivity index (χ2n) is 7.10. The molecular formula is C22H27ClN2O3. The Hall–Kier alpha value is -2.37. The maximum atomic E-state index is 12.9. The summed E-state index contributed by atoms with van der Waals surface area (Å²) in [5.41, 5.74) is 7.75. The summed E-state index contributed by atoms with van der Waals surface area (Å²) in [6.07, 6.45) is -0.625. The quantitative estimate of drug-likeness (QED) is 0.752. The number of Topliss-reactive ketones (excluding diaryl/α,β-unsaturated/α-hetero) is 1. The number of nitrogens with two attached hydrogens (primary N) is 1. The molecule has 2 aromatic carbocycles. The molecule has 0 aliphatic carbocycles. The number of amides is 1. The van der Waals surface area contributed by atoms with Crippen molar-refractivity contribution < 1.29 is 14.3 Å². The van der Waals surface area contributed by atoms with Crippen molar-refractivity contribution in [1.82, 2.24) is 4.90 Å². The molecule has 3 atom stereocenters. The summed E-state index contributed by atoms with van der Waals surface area (Å²) in [5.74, 6) is 0.922. The molecule has 150 valence electrons. The maximum Gasteiger partial charge on any atom is 0.263 e. The summed E-state index contributed by atoms with van der Waals surface area (Å²) < 4.78 is 5.81. The van der Waals surface area contributed by atoms with Crippen LogP contribution in [0.2, 0.25) is 0 Å². The van der Waals surface area contributed by atoms with Crippen molar-refractivity contribution in [2.24, 2.45) is 11.7 Å². The average Bonchev–Trinajstić information content (AvgIpc) is 3.12. The Bertz CT molecular complexity index is 812.